The number of aliphatic hydroxyl groups excluding tert-OH is 2. The third-order valence-electron chi connectivity index (χ3n) is 1.97. The van der Waals surface area contributed by atoms with E-state index in [9.17, 15) is 4.79 Å². The molecule has 0 saturated heterocycles. The lowest BCUT2D eigenvalue weighted by Gasteiger charge is -2.14. The number of ether oxygens (including phenoxy) is 1. The molecule has 0 radical (unpaired) electrons. The average molecular weight is 204 g/mol. The van der Waals surface area contributed by atoms with E-state index in [-0.39, 0.29) is 31.5 Å². The van der Waals surface area contributed by atoms with Gasteiger partial charge in [-0.05, 0) is 32.1 Å². The van der Waals surface area contributed by atoms with Crippen molar-refractivity contribution in [2.24, 2.45) is 5.92 Å². The summed E-state index contributed by atoms with van der Waals surface area (Å²) in [6.07, 6.45) is 2.21. The number of carbonyl (C=O) groups excluding carboxylic acids is 1. The Kier molecular flexibility index (Phi) is 8.83. The molecule has 1 unspecified atom stereocenters. The predicted molar refractivity (Wildman–Crippen MR) is 53.0 cm³/mol. The van der Waals surface area contributed by atoms with E-state index in [2.05, 4.69) is 0 Å². The topological polar surface area (TPSA) is 66.8 Å². The van der Waals surface area contributed by atoms with Gasteiger partial charge in [0.1, 0.15) is 6.61 Å². The highest BCUT2D eigenvalue weighted by molar-refractivity contribution is 5.76. The number of aliphatic hydroxyl groups is 2. The highest BCUT2D eigenvalue weighted by atomic mass is 16.5. The molecule has 4 heteroatoms. The normalized spacial score (nSPS) is 12.8. The van der Waals surface area contributed by atoms with Crippen molar-refractivity contribution in [2.75, 3.05) is 26.4 Å². The summed E-state index contributed by atoms with van der Waals surface area (Å²) in [4.78, 5) is 10.6. The smallest absolute Gasteiger partial charge is 0.155 e. The van der Waals surface area contributed by atoms with Crippen LogP contribution in [-0.4, -0.2) is 42.4 Å². The Bertz CT molecular complexity index is 147. The summed E-state index contributed by atoms with van der Waals surface area (Å²) in [7, 11) is 0. The van der Waals surface area contributed by atoms with Crippen molar-refractivity contribution < 1.29 is 19.7 Å². The number of carbonyl (C=O) groups is 1. The van der Waals surface area contributed by atoms with Crippen molar-refractivity contribution in [3.63, 3.8) is 0 Å². The third-order valence-corrected chi connectivity index (χ3v) is 1.97. The van der Waals surface area contributed by atoms with Crippen LogP contribution in [0.1, 0.15) is 26.2 Å². The van der Waals surface area contributed by atoms with Gasteiger partial charge in [0.2, 0.25) is 0 Å². The van der Waals surface area contributed by atoms with Gasteiger partial charge in [0.05, 0.1) is 6.61 Å². The largest absolute Gasteiger partial charge is 0.396 e. The number of hydrogen-bond acceptors (Lipinski definition) is 4. The molecule has 0 rings (SSSR count). The maximum atomic E-state index is 10.6. The Morgan fingerprint density at radius 2 is 2.00 bits per heavy atom. The van der Waals surface area contributed by atoms with Gasteiger partial charge < -0.3 is 14.9 Å². The van der Waals surface area contributed by atoms with Crippen LogP contribution in [0.25, 0.3) is 0 Å². The second kappa shape index (κ2) is 9.12. The lowest BCUT2D eigenvalue weighted by molar-refractivity contribution is -0.122. The second-order valence-corrected chi connectivity index (χ2v) is 3.46. The molecule has 0 bridgehead atoms. The highest BCUT2D eigenvalue weighted by Gasteiger charge is 2.08. The molecular weight excluding hydrogens is 184 g/mol. The van der Waals surface area contributed by atoms with Crippen molar-refractivity contribution in [3.05, 3.63) is 0 Å². The predicted octanol–water partition coefficient (Wildman–Crippen LogP) is 0.363. The molecule has 0 aromatic heterocycles. The minimum atomic E-state index is 0.00917. The minimum Gasteiger partial charge on any atom is -0.396 e. The zero-order valence-corrected chi connectivity index (χ0v) is 8.74. The van der Waals surface area contributed by atoms with Crippen molar-refractivity contribution in [1.29, 1.82) is 0 Å². The molecule has 0 aromatic rings. The molecule has 0 fully saturated rings. The maximum absolute atomic E-state index is 10.6. The first-order chi connectivity index (χ1) is 6.70. The van der Waals surface area contributed by atoms with Crippen LogP contribution in [-0.2, 0) is 9.53 Å². The fourth-order valence-corrected chi connectivity index (χ4v) is 1.24. The van der Waals surface area contributed by atoms with Crippen LogP contribution in [0.15, 0.2) is 0 Å². The molecule has 4 nitrogen and oxygen atoms in total. The van der Waals surface area contributed by atoms with E-state index in [1.54, 1.807) is 0 Å². The summed E-state index contributed by atoms with van der Waals surface area (Å²) in [5, 5.41) is 17.4. The Labute approximate surface area is 84.9 Å². The van der Waals surface area contributed by atoms with Crippen molar-refractivity contribution in [1.82, 2.24) is 0 Å². The highest BCUT2D eigenvalue weighted by Crippen LogP contribution is 2.11. The zero-order chi connectivity index (χ0) is 10.8. The third kappa shape index (κ3) is 8.16. The van der Waals surface area contributed by atoms with Crippen molar-refractivity contribution >= 4 is 5.78 Å². The molecule has 1 atom stereocenters. The minimum absolute atomic E-state index is 0.00917. The van der Waals surface area contributed by atoms with Crippen molar-refractivity contribution in [3.8, 4) is 0 Å². The lowest BCUT2D eigenvalue weighted by Crippen LogP contribution is -2.15. The van der Waals surface area contributed by atoms with E-state index < -0.39 is 0 Å². The Hall–Kier alpha value is -0.450. The SMILES string of the molecule is CC(=O)COCC(CCO)CCCO. The van der Waals surface area contributed by atoms with E-state index in [1.807, 2.05) is 0 Å². The average Bonchev–Trinajstić information content (AvgIpc) is 2.13. The van der Waals surface area contributed by atoms with E-state index in [4.69, 9.17) is 14.9 Å². The first-order valence-corrected chi connectivity index (χ1v) is 4.99. The standard InChI is InChI=1S/C10H20O4/c1-9(13)7-14-8-10(4-6-12)3-2-5-11/h10-12H,2-8H2,1H3. The first kappa shape index (κ1) is 13.5. The molecule has 0 aromatic carbocycles. The van der Waals surface area contributed by atoms with Gasteiger partial charge in [-0.1, -0.05) is 0 Å². The summed E-state index contributed by atoms with van der Waals surface area (Å²) in [5.41, 5.74) is 0. The fourth-order valence-electron chi connectivity index (χ4n) is 1.24. The van der Waals surface area contributed by atoms with Crippen LogP contribution in [0.5, 0.6) is 0 Å². The van der Waals surface area contributed by atoms with Crippen LogP contribution >= 0.6 is 0 Å². The van der Waals surface area contributed by atoms with E-state index in [0.717, 1.165) is 6.42 Å². The molecule has 14 heavy (non-hydrogen) atoms. The lowest BCUT2D eigenvalue weighted by atomic mass is 10.0. The van der Waals surface area contributed by atoms with Crippen molar-refractivity contribution in [2.45, 2.75) is 26.2 Å². The molecule has 2 N–H and O–H groups in total. The van der Waals surface area contributed by atoms with Crippen LogP contribution in [0.3, 0.4) is 0 Å². The monoisotopic (exact) mass is 204 g/mol. The number of ketones is 1. The van der Waals surface area contributed by atoms with E-state index in [0.29, 0.717) is 19.4 Å². The summed E-state index contributed by atoms with van der Waals surface area (Å²) in [6.45, 7) is 2.39. The Morgan fingerprint density at radius 3 is 2.50 bits per heavy atom. The van der Waals surface area contributed by atoms with E-state index >= 15 is 0 Å². The van der Waals surface area contributed by atoms with Gasteiger partial charge in [-0.25, -0.2) is 0 Å². The van der Waals surface area contributed by atoms with Gasteiger partial charge in [0, 0.05) is 13.2 Å². The van der Waals surface area contributed by atoms with Crippen LogP contribution < -0.4 is 0 Å². The molecular formula is C10H20O4. The van der Waals surface area contributed by atoms with Gasteiger partial charge >= 0.3 is 0 Å². The zero-order valence-electron chi connectivity index (χ0n) is 8.74. The first-order valence-electron chi connectivity index (χ1n) is 4.99. The van der Waals surface area contributed by atoms with Gasteiger partial charge in [-0.2, -0.15) is 0 Å². The Morgan fingerprint density at radius 1 is 1.29 bits per heavy atom. The summed E-state index contributed by atoms with van der Waals surface area (Å²) in [6, 6.07) is 0. The molecule has 0 saturated carbocycles. The number of Topliss-reactive ketones (excluding diaryl/α,β-unsaturated/α-hetero) is 1. The molecule has 0 aliphatic carbocycles. The molecule has 0 heterocycles. The van der Waals surface area contributed by atoms with Crippen LogP contribution in [0.2, 0.25) is 0 Å². The molecule has 0 aliphatic heterocycles. The van der Waals surface area contributed by atoms with Gasteiger partial charge in [0.15, 0.2) is 5.78 Å². The van der Waals surface area contributed by atoms with Gasteiger partial charge in [-0.15, -0.1) is 0 Å². The van der Waals surface area contributed by atoms with Gasteiger partial charge in [-0.3, -0.25) is 4.79 Å². The molecule has 0 spiro atoms. The molecule has 0 amide bonds. The number of hydrogen-bond donors (Lipinski definition) is 2. The molecule has 84 valence electrons. The molecule has 0 aliphatic rings. The van der Waals surface area contributed by atoms with Gasteiger partial charge in [0.25, 0.3) is 0 Å². The van der Waals surface area contributed by atoms with E-state index in [1.165, 1.54) is 6.92 Å². The maximum Gasteiger partial charge on any atom is 0.155 e. The quantitative estimate of drug-likeness (QED) is 0.569. The van der Waals surface area contributed by atoms with Crippen LogP contribution in [0, 0.1) is 5.92 Å². The summed E-state index contributed by atoms with van der Waals surface area (Å²) < 4.78 is 5.16. The second-order valence-electron chi connectivity index (χ2n) is 3.46. The fraction of sp³-hybridized carbons (Fsp3) is 0.900. The Balaban J connectivity index is 3.55. The summed E-state index contributed by atoms with van der Waals surface area (Å²) in [5.74, 6) is 0.251. The van der Waals surface area contributed by atoms with Crippen LogP contribution in [0.4, 0.5) is 0 Å². The summed E-state index contributed by atoms with van der Waals surface area (Å²) >= 11 is 0. The number of rotatable bonds is 9.